The van der Waals surface area contributed by atoms with Gasteiger partial charge in [0.15, 0.2) is 4.34 Å². The van der Waals surface area contributed by atoms with Crippen LogP contribution in [0.3, 0.4) is 0 Å². The van der Waals surface area contributed by atoms with Crippen molar-refractivity contribution in [2.75, 3.05) is 11.1 Å². The lowest BCUT2D eigenvalue weighted by Crippen LogP contribution is -2.32. The zero-order valence-corrected chi connectivity index (χ0v) is 16.3. The second-order valence-corrected chi connectivity index (χ2v) is 8.51. The minimum Gasteiger partial charge on any atom is -0.467 e. The van der Waals surface area contributed by atoms with E-state index in [9.17, 15) is 4.79 Å². The van der Waals surface area contributed by atoms with Gasteiger partial charge in [0.25, 0.3) is 0 Å². The first-order valence-corrected chi connectivity index (χ1v) is 10.7. The smallest absolute Gasteiger partial charge is 0.230 e. The van der Waals surface area contributed by atoms with Crippen molar-refractivity contribution in [1.82, 2.24) is 15.5 Å². The van der Waals surface area contributed by atoms with Gasteiger partial charge in [0, 0.05) is 0 Å². The van der Waals surface area contributed by atoms with Gasteiger partial charge in [0.1, 0.15) is 5.76 Å². The van der Waals surface area contributed by atoms with Crippen LogP contribution in [0.2, 0.25) is 0 Å². The quantitative estimate of drug-likeness (QED) is 0.583. The van der Waals surface area contributed by atoms with Crippen LogP contribution in [0.15, 0.2) is 51.4 Å². The highest BCUT2D eigenvalue weighted by atomic mass is 32.2. The number of amides is 1. The summed E-state index contributed by atoms with van der Waals surface area (Å²) < 4.78 is 6.05. The fraction of sp³-hybridized carbons (Fsp3) is 0.316. The lowest BCUT2D eigenvalue weighted by Gasteiger charge is -2.26. The Bertz CT molecular complexity index is 895. The van der Waals surface area contributed by atoms with Gasteiger partial charge in [-0.3, -0.25) is 4.79 Å². The zero-order valence-electron chi connectivity index (χ0n) is 14.7. The topological polar surface area (TPSA) is 80.1 Å². The van der Waals surface area contributed by atoms with E-state index in [1.165, 1.54) is 34.2 Å². The third-order valence-corrected chi connectivity index (χ3v) is 6.45. The van der Waals surface area contributed by atoms with Crippen molar-refractivity contribution in [3.05, 3.63) is 59.5 Å². The molecule has 0 bridgehead atoms. The standard InChI is InChI=1S/C19H20N4O2S2/c24-17(21-16-9-3-6-13-5-1-2-8-15(13)16)12-26-19-23-22-18(27-19)20-11-14-7-4-10-25-14/h1-2,4-5,7-8,10,16H,3,6,9,11-12H2,(H,20,22)(H,21,24)/t16-/m1/s1. The normalized spacial score (nSPS) is 15.9. The molecule has 2 N–H and O–H groups in total. The van der Waals surface area contributed by atoms with E-state index in [1.54, 1.807) is 6.26 Å². The van der Waals surface area contributed by atoms with E-state index < -0.39 is 0 Å². The van der Waals surface area contributed by atoms with E-state index in [1.807, 2.05) is 18.2 Å². The second kappa shape index (κ2) is 8.58. The Kier molecular flexibility index (Phi) is 5.74. The first kappa shape index (κ1) is 18.1. The Morgan fingerprint density at radius 1 is 1.26 bits per heavy atom. The highest BCUT2D eigenvalue weighted by molar-refractivity contribution is 8.01. The van der Waals surface area contributed by atoms with Gasteiger partial charge in [-0.2, -0.15) is 0 Å². The lowest BCUT2D eigenvalue weighted by molar-refractivity contribution is -0.119. The first-order valence-electron chi connectivity index (χ1n) is 8.87. The van der Waals surface area contributed by atoms with Crippen LogP contribution in [0.5, 0.6) is 0 Å². The number of aromatic nitrogens is 2. The van der Waals surface area contributed by atoms with E-state index in [4.69, 9.17) is 4.42 Å². The van der Waals surface area contributed by atoms with Gasteiger partial charge in [-0.1, -0.05) is 47.4 Å². The molecule has 0 fully saturated rings. The molecule has 0 radical (unpaired) electrons. The van der Waals surface area contributed by atoms with E-state index in [0.717, 1.165) is 34.5 Å². The molecule has 2 heterocycles. The van der Waals surface area contributed by atoms with Crippen molar-refractivity contribution in [3.8, 4) is 0 Å². The molecular formula is C19H20N4O2S2. The molecule has 3 aromatic rings. The highest BCUT2D eigenvalue weighted by Gasteiger charge is 2.21. The maximum atomic E-state index is 12.4. The van der Waals surface area contributed by atoms with Crippen molar-refractivity contribution < 1.29 is 9.21 Å². The summed E-state index contributed by atoms with van der Waals surface area (Å²) in [5.41, 5.74) is 2.60. The van der Waals surface area contributed by atoms with Crippen molar-refractivity contribution in [3.63, 3.8) is 0 Å². The Hall–Kier alpha value is -2.32. The predicted molar refractivity (Wildman–Crippen MR) is 107 cm³/mol. The molecular weight excluding hydrogens is 380 g/mol. The number of anilines is 1. The molecule has 0 spiro atoms. The summed E-state index contributed by atoms with van der Waals surface area (Å²) in [5, 5.41) is 15.3. The highest BCUT2D eigenvalue weighted by Crippen LogP contribution is 2.30. The van der Waals surface area contributed by atoms with E-state index in [0.29, 0.717) is 12.3 Å². The molecule has 4 rings (SSSR count). The summed E-state index contributed by atoms with van der Waals surface area (Å²) in [6.07, 6.45) is 4.83. The monoisotopic (exact) mass is 400 g/mol. The fourth-order valence-corrected chi connectivity index (χ4v) is 4.74. The van der Waals surface area contributed by atoms with E-state index in [-0.39, 0.29) is 11.9 Å². The molecule has 1 amide bonds. The molecule has 1 aliphatic rings. The maximum absolute atomic E-state index is 12.4. The van der Waals surface area contributed by atoms with Crippen molar-refractivity contribution in [1.29, 1.82) is 0 Å². The molecule has 2 aromatic heterocycles. The number of carbonyl (C=O) groups is 1. The molecule has 0 unspecified atom stereocenters. The van der Waals surface area contributed by atoms with Gasteiger partial charge in [0.05, 0.1) is 24.6 Å². The minimum absolute atomic E-state index is 0.0296. The molecule has 1 atom stereocenters. The molecule has 140 valence electrons. The molecule has 0 aliphatic heterocycles. The number of hydrogen-bond donors (Lipinski definition) is 2. The van der Waals surface area contributed by atoms with Gasteiger partial charge in [-0.15, -0.1) is 10.2 Å². The molecule has 27 heavy (non-hydrogen) atoms. The van der Waals surface area contributed by atoms with Crippen molar-refractivity contribution in [2.24, 2.45) is 0 Å². The number of furan rings is 1. The summed E-state index contributed by atoms with van der Waals surface area (Å²) in [7, 11) is 0. The lowest BCUT2D eigenvalue weighted by atomic mass is 9.88. The molecule has 1 aliphatic carbocycles. The molecule has 1 aromatic carbocycles. The number of nitrogens with zero attached hydrogens (tertiary/aromatic N) is 2. The number of rotatable bonds is 7. The average Bonchev–Trinajstić information content (AvgIpc) is 3.37. The fourth-order valence-electron chi connectivity index (χ4n) is 3.18. The number of benzene rings is 1. The number of hydrogen-bond acceptors (Lipinski definition) is 7. The Morgan fingerprint density at radius 3 is 3.07 bits per heavy atom. The number of fused-ring (bicyclic) bond motifs is 1. The zero-order chi connectivity index (χ0) is 18.5. The largest absolute Gasteiger partial charge is 0.467 e. The molecule has 0 saturated carbocycles. The Morgan fingerprint density at radius 2 is 2.19 bits per heavy atom. The van der Waals surface area contributed by atoms with Crippen LogP contribution in [0, 0.1) is 0 Å². The second-order valence-electron chi connectivity index (χ2n) is 6.31. The number of thioether (sulfide) groups is 1. The van der Waals surface area contributed by atoms with Gasteiger partial charge < -0.3 is 15.1 Å². The summed E-state index contributed by atoms with van der Waals surface area (Å²) in [6, 6.07) is 12.2. The van der Waals surface area contributed by atoms with Crippen LogP contribution in [0.1, 0.15) is 35.8 Å². The van der Waals surface area contributed by atoms with Crippen LogP contribution < -0.4 is 10.6 Å². The summed E-state index contributed by atoms with van der Waals surface area (Å²) in [6.45, 7) is 0.563. The minimum atomic E-state index is 0.0296. The van der Waals surface area contributed by atoms with Crippen LogP contribution in [-0.2, 0) is 17.8 Å². The molecule has 8 heteroatoms. The predicted octanol–water partition coefficient (Wildman–Crippen LogP) is 4.03. The van der Waals surface area contributed by atoms with Crippen LogP contribution in [0.4, 0.5) is 5.13 Å². The van der Waals surface area contributed by atoms with Crippen LogP contribution in [0.25, 0.3) is 0 Å². The van der Waals surface area contributed by atoms with Gasteiger partial charge in [0.2, 0.25) is 11.0 Å². The Balaban J connectivity index is 1.26. The van der Waals surface area contributed by atoms with E-state index >= 15 is 0 Å². The van der Waals surface area contributed by atoms with Gasteiger partial charge in [-0.25, -0.2) is 0 Å². The van der Waals surface area contributed by atoms with E-state index in [2.05, 4.69) is 39.0 Å². The summed E-state index contributed by atoms with van der Waals surface area (Å²) in [5.74, 6) is 1.21. The summed E-state index contributed by atoms with van der Waals surface area (Å²) >= 11 is 2.85. The van der Waals surface area contributed by atoms with Gasteiger partial charge in [-0.05, 0) is 42.5 Å². The van der Waals surface area contributed by atoms with Gasteiger partial charge >= 0.3 is 0 Å². The van der Waals surface area contributed by atoms with Crippen molar-refractivity contribution >= 4 is 34.1 Å². The number of nitrogens with one attached hydrogen (secondary N) is 2. The van der Waals surface area contributed by atoms with Crippen LogP contribution in [-0.4, -0.2) is 21.9 Å². The van der Waals surface area contributed by atoms with Crippen molar-refractivity contribution in [2.45, 2.75) is 36.2 Å². The first-order chi connectivity index (χ1) is 13.3. The van der Waals surface area contributed by atoms with Crippen LogP contribution >= 0.6 is 23.1 Å². The SMILES string of the molecule is O=C(CSc1nnc(NCc2ccco2)s1)N[C@@H]1CCCc2ccccc21. The number of aryl methyl sites for hydroxylation is 1. The maximum Gasteiger partial charge on any atom is 0.230 e. The molecule has 6 nitrogen and oxygen atoms in total. The Labute approximate surface area is 165 Å². The summed E-state index contributed by atoms with van der Waals surface area (Å²) in [4.78, 5) is 12.4. The average molecular weight is 401 g/mol. The third kappa shape index (κ3) is 4.70. The molecule has 0 saturated heterocycles. The third-order valence-electron chi connectivity index (χ3n) is 4.43. The number of carbonyl (C=O) groups excluding carboxylic acids is 1.